The summed E-state index contributed by atoms with van der Waals surface area (Å²) in [5.41, 5.74) is 2.41. The molecule has 3 aliphatic rings. The lowest BCUT2D eigenvalue weighted by Crippen LogP contribution is -2.53. The first kappa shape index (κ1) is 26.2. The van der Waals surface area contributed by atoms with Gasteiger partial charge in [-0.25, -0.2) is 0 Å². The van der Waals surface area contributed by atoms with Gasteiger partial charge in [0, 0.05) is 45.1 Å². The predicted octanol–water partition coefficient (Wildman–Crippen LogP) is 2.50. The third-order valence-electron chi connectivity index (χ3n) is 7.57. The molecule has 11 heteroatoms. The van der Waals surface area contributed by atoms with Gasteiger partial charge in [0.25, 0.3) is 5.91 Å². The van der Waals surface area contributed by atoms with Crippen molar-refractivity contribution in [3.63, 3.8) is 0 Å². The third-order valence-corrected chi connectivity index (χ3v) is 7.57. The fraction of sp³-hybridized carbons (Fsp3) is 0.556. The van der Waals surface area contributed by atoms with Gasteiger partial charge >= 0.3 is 0 Å². The lowest BCUT2D eigenvalue weighted by Gasteiger charge is -2.42. The van der Waals surface area contributed by atoms with E-state index in [4.69, 9.17) is 14.2 Å². The van der Waals surface area contributed by atoms with Crippen LogP contribution in [0.15, 0.2) is 24.4 Å². The first-order chi connectivity index (χ1) is 18.3. The number of nitrogens with zero attached hydrogens (tertiary/aromatic N) is 3. The second kappa shape index (κ2) is 11.1. The molecule has 2 N–H and O–H groups in total. The minimum Gasteiger partial charge on any atom is -0.490 e. The first-order valence-electron chi connectivity index (χ1n) is 13.2. The van der Waals surface area contributed by atoms with Crippen molar-refractivity contribution in [3.8, 4) is 5.75 Å². The molecule has 3 aliphatic heterocycles. The highest BCUT2D eigenvalue weighted by Gasteiger charge is 2.39. The summed E-state index contributed by atoms with van der Waals surface area (Å²) in [5.74, 6) is -0.0377. The largest absolute Gasteiger partial charge is 0.490 e. The molecule has 3 atom stereocenters. The number of fused-ring (bicyclic) bond motifs is 2. The number of amides is 3. The monoisotopic (exact) mass is 525 g/mol. The van der Waals surface area contributed by atoms with E-state index in [9.17, 15) is 14.4 Å². The molecule has 0 spiro atoms. The van der Waals surface area contributed by atoms with Crippen molar-refractivity contribution in [2.75, 3.05) is 37.5 Å². The lowest BCUT2D eigenvalue weighted by molar-refractivity contribution is -0.130. The smallest absolute Gasteiger partial charge is 0.257 e. The van der Waals surface area contributed by atoms with Crippen LogP contribution in [0.2, 0.25) is 0 Å². The highest BCUT2D eigenvalue weighted by Crippen LogP contribution is 2.33. The molecule has 1 aromatic carbocycles. The SMILES string of the molecule is Cc1nn(C)cc1NC(=O)C[C@H]1CC[C@@H]2[C@H](COc3ccc(NC(=O)C4CCOCC4)cc3C(=O)N2C)O1. The number of carbonyl (C=O) groups excluding carboxylic acids is 3. The molecule has 2 saturated heterocycles. The number of hydrogen-bond donors (Lipinski definition) is 2. The molecule has 0 unspecified atom stereocenters. The molecule has 4 heterocycles. The van der Waals surface area contributed by atoms with Gasteiger partial charge in [-0.15, -0.1) is 0 Å². The summed E-state index contributed by atoms with van der Waals surface area (Å²) >= 11 is 0. The van der Waals surface area contributed by atoms with Gasteiger partial charge < -0.3 is 29.7 Å². The van der Waals surface area contributed by atoms with Gasteiger partial charge in [0.05, 0.1) is 35.5 Å². The van der Waals surface area contributed by atoms with E-state index >= 15 is 0 Å². The molecular formula is C27H35N5O6. The summed E-state index contributed by atoms with van der Waals surface area (Å²) in [5, 5.41) is 10.1. The molecule has 2 fully saturated rings. The summed E-state index contributed by atoms with van der Waals surface area (Å²) in [4.78, 5) is 40.5. The molecule has 5 rings (SSSR count). The molecule has 0 bridgehead atoms. The van der Waals surface area contributed by atoms with Crippen LogP contribution >= 0.6 is 0 Å². The molecule has 0 radical (unpaired) electrons. The summed E-state index contributed by atoms with van der Waals surface area (Å²) in [6.07, 6.45) is 4.06. The van der Waals surface area contributed by atoms with E-state index < -0.39 is 0 Å². The van der Waals surface area contributed by atoms with Crippen LogP contribution in [0.1, 0.15) is 48.2 Å². The van der Waals surface area contributed by atoms with Gasteiger partial charge in [-0.1, -0.05) is 0 Å². The third kappa shape index (κ3) is 5.68. The number of hydrogen-bond acceptors (Lipinski definition) is 7. The van der Waals surface area contributed by atoms with E-state index in [0.29, 0.717) is 61.6 Å². The Kier molecular flexibility index (Phi) is 7.66. The summed E-state index contributed by atoms with van der Waals surface area (Å²) in [6.45, 7) is 3.26. The highest BCUT2D eigenvalue weighted by molar-refractivity contribution is 6.00. The number of aryl methyl sites for hydroxylation is 2. The normalized spacial score (nSPS) is 23.9. The van der Waals surface area contributed by atoms with Gasteiger partial charge in [-0.3, -0.25) is 19.1 Å². The Balaban J connectivity index is 1.23. The maximum Gasteiger partial charge on any atom is 0.257 e. The molecule has 1 aromatic heterocycles. The Morgan fingerprint density at radius 2 is 1.89 bits per heavy atom. The van der Waals surface area contributed by atoms with Crippen LogP contribution in [0, 0.1) is 12.8 Å². The van der Waals surface area contributed by atoms with Crippen molar-refractivity contribution >= 4 is 29.1 Å². The molecule has 11 nitrogen and oxygen atoms in total. The van der Waals surface area contributed by atoms with Crippen molar-refractivity contribution in [1.82, 2.24) is 14.7 Å². The van der Waals surface area contributed by atoms with Gasteiger partial charge in [0.1, 0.15) is 18.5 Å². The molecule has 38 heavy (non-hydrogen) atoms. The van der Waals surface area contributed by atoms with E-state index in [1.54, 1.807) is 41.0 Å². The van der Waals surface area contributed by atoms with E-state index in [-0.39, 0.29) is 54.9 Å². The van der Waals surface area contributed by atoms with E-state index in [1.807, 2.05) is 14.0 Å². The Morgan fingerprint density at radius 1 is 1.11 bits per heavy atom. The molecule has 0 aliphatic carbocycles. The second-order valence-electron chi connectivity index (χ2n) is 10.3. The Hall–Kier alpha value is -3.44. The Bertz CT molecular complexity index is 1210. The summed E-state index contributed by atoms with van der Waals surface area (Å²) in [6, 6.07) is 4.96. The summed E-state index contributed by atoms with van der Waals surface area (Å²) < 4.78 is 19.3. The maximum absolute atomic E-state index is 13.5. The zero-order chi connectivity index (χ0) is 26.8. The maximum atomic E-state index is 13.5. The fourth-order valence-electron chi connectivity index (χ4n) is 5.44. The van der Waals surface area contributed by atoms with Crippen LogP contribution < -0.4 is 15.4 Å². The van der Waals surface area contributed by atoms with Gasteiger partial charge in [0.2, 0.25) is 11.8 Å². The zero-order valence-electron chi connectivity index (χ0n) is 22.1. The number of nitrogens with one attached hydrogen (secondary N) is 2. The number of likely N-dealkylation sites (N-methyl/N-ethyl adjacent to an activating group) is 1. The Morgan fingerprint density at radius 3 is 2.63 bits per heavy atom. The molecular weight excluding hydrogens is 490 g/mol. The van der Waals surface area contributed by atoms with Gasteiger partial charge in [-0.05, 0) is 50.8 Å². The lowest BCUT2D eigenvalue weighted by atomic mass is 9.94. The molecule has 3 amide bonds. The summed E-state index contributed by atoms with van der Waals surface area (Å²) in [7, 11) is 3.58. The average molecular weight is 526 g/mol. The second-order valence-corrected chi connectivity index (χ2v) is 10.3. The van der Waals surface area contributed by atoms with Crippen molar-refractivity contribution in [2.45, 2.75) is 57.3 Å². The molecule has 0 saturated carbocycles. The fourth-order valence-corrected chi connectivity index (χ4v) is 5.44. The van der Waals surface area contributed by atoms with Crippen molar-refractivity contribution in [1.29, 1.82) is 0 Å². The average Bonchev–Trinajstić information content (AvgIpc) is 3.22. The molecule has 204 valence electrons. The van der Waals surface area contributed by atoms with Gasteiger partial charge in [0.15, 0.2) is 0 Å². The topological polar surface area (TPSA) is 124 Å². The number of ether oxygens (including phenoxy) is 3. The predicted molar refractivity (Wildman–Crippen MR) is 139 cm³/mol. The standard InChI is InChI=1S/C27H35N5O6/c1-16-21(14-31(2)30-16)29-25(33)13-19-5-6-22-24(38-19)15-37-23-7-4-18(12-20(23)27(35)32(22)3)28-26(34)17-8-10-36-11-9-17/h4,7,12,14,17,19,22,24H,5-6,8-11,13,15H2,1-3H3,(H,28,34)(H,29,33)/t19-,22-,24+/m1/s1. The number of benzene rings is 1. The van der Waals surface area contributed by atoms with E-state index in [1.165, 1.54) is 0 Å². The number of carbonyl (C=O) groups is 3. The quantitative estimate of drug-likeness (QED) is 0.615. The van der Waals surface area contributed by atoms with Crippen molar-refractivity contribution in [2.24, 2.45) is 13.0 Å². The van der Waals surface area contributed by atoms with Crippen LogP contribution in [0.3, 0.4) is 0 Å². The van der Waals surface area contributed by atoms with Crippen LogP contribution in [0.4, 0.5) is 11.4 Å². The van der Waals surface area contributed by atoms with Gasteiger partial charge in [-0.2, -0.15) is 5.10 Å². The van der Waals surface area contributed by atoms with Crippen LogP contribution in [0.25, 0.3) is 0 Å². The minimum absolute atomic E-state index is 0.0599. The minimum atomic E-state index is -0.364. The van der Waals surface area contributed by atoms with E-state index in [2.05, 4.69) is 15.7 Å². The molecule has 2 aromatic rings. The Labute approximate surface area is 221 Å². The van der Waals surface area contributed by atoms with Crippen molar-refractivity contribution < 1.29 is 28.6 Å². The first-order valence-corrected chi connectivity index (χ1v) is 13.2. The van der Waals surface area contributed by atoms with Crippen LogP contribution in [-0.2, 0) is 26.1 Å². The van der Waals surface area contributed by atoms with Crippen LogP contribution in [0.5, 0.6) is 5.75 Å². The number of anilines is 2. The number of aromatic nitrogens is 2. The van der Waals surface area contributed by atoms with Crippen molar-refractivity contribution in [3.05, 3.63) is 35.7 Å². The number of rotatable bonds is 5. The zero-order valence-corrected chi connectivity index (χ0v) is 22.1. The van der Waals surface area contributed by atoms with Crippen LogP contribution in [-0.4, -0.2) is 77.5 Å². The highest BCUT2D eigenvalue weighted by atomic mass is 16.5. The van der Waals surface area contributed by atoms with E-state index in [0.717, 1.165) is 5.69 Å².